The van der Waals surface area contributed by atoms with E-state index >= 15 is 0 Å². The zero-order valence-electron chi connectivity index (χ0n) is 17.2. The van der Waals surface area contributed by atoms with E-state index in [0.29, 0.717) is 37.9 Å². The number of pyridine rings is 1. The summed E-state index contributed by atoms with van der Waals surface area (Å²) in [6, 6.07) is 5.97. The molecule has 1 atom stereocenters. The molecule has 0 saturated carbocycles. The minimum Gasteiger partial charge on any atom is -0.446 e. The van der Waals surface area contributed by atoms with Gasteiger partial charge in [-0.05, 0) is 42.2 Å². The molecule has 1 aliphatic heterocycles. The van der Waals surface area contributed by atoms with Gasteiger partial charge in [-0.15, -0.1) is 11.3 Å². The van der Waals surface area contributed by atoms with Crippen LogP contribution >= 0.6 is 11.3 Å². The summed E-state index contributed by atoms with van der Waals surface area (Å²) >= 11 is 1.49. The van der Waals surface area contributed by atoms with E-state index in [1.807, 2.05) is 12.1 Å². The number of fused-ring (bicyclic) bond motifs is 1. The largest absolute Gasteiger partial charge is 0.446 e. The minimum atomic E-state index is -0.310. The summed E-state index contributed by atoms with van der Waals surface area (Å²) in [4.78, 5) is 32.2. The van der Waals surface area contributed by atoms with Crippen molar-refractivity contribution in [3.63, 3.8) is 0 Å². The summed E-state index contributed by atoms with van der Waals surface area (Å²) in [6.45, 7) is 1.12. The second-order valence-corrected chi connectivity index (χ2v) is 8.88. The normalized spacial score (nSPS) is 18.3. The number of amides is 1. The Bertz CT molecular complexity index is 1040. The smallest absolute Gasteiger partial charge is 0.410 e. The van der Waals surface area contributed by atoms with Crippen LogP contribution in [0.3, 0.4) is 0 Å². The van der Waals surface area contributed by atoms with Gasteiger partial charge in [0.15, 0.2) is 5.78 Å². The van der Waals surface area contributed by atoms with E-state index in [0.717, 1.165) is 20.9 Å². The van der Waals surface area contributed by atoms with Gasteiger partial charge in [-0.3, -0.25) is 9.78 Å². The Balaban J connectivity index is 1.39. The van der Waals surface area contributed by atoms with Gasteiger partial charge in [-0.25, -0.2) is 4.79 Å². The number of nitrogens with zero attached hydrogens (tertiary/aromatic N) is 3. The predicted octanol–water partition coefficient (Wildman–Crippen LogP) is 3.16. The van der Waals surface area contributed by atoms with Crippen molar-refractivity contribution in [2.45, 2.75) is 37.9 Å². The van der Waals surface area contributed by atoms with Crippen molar-refractivity contribution in [2.75, 3.05) is 20.2 Å². The lowest BCUT2D eigenvalue weighted by molar-refractivity contribution is -0.113. The number of methoxy groups -OCH3 is 1. The fraction of sp³-hybridized carbons (Fsp3) is 0.391. The average molecular weight is 438 g/mol. The second-order valence-electron chi connectivity index (χ2n) is 7.69. The predicted molar refractivity (Wildman–Crippen MR) is 116 cm³/mol. The molecule has 1 amide bonds. The van der Waals surface area contributed by atoms with Gasteiger partial charge in [0.1, 0.15) is 12.2 Å². The molecule has 0 aromatic carbocycles. The van der Waals surface area contributed by atoms with Gasteiger partial charge < -0.3 is 14.4 Å². The van der Waals surface area contributed by atoms with Gasteiger partial charge in [0.05, 0.1) is 24.8 Å². The van der Waals surface area contributed by atoms with Crippen LogP contribution in [0.15, 0.2) is 30.6 Å². The Kier molecular flexibility index (Phi) is 6.44. The fourth-order valence-corrected chi connectivity index (χ4v) is 5.18. The van der Waals surface area contributed by atoms with Crippen molar-refractivity contribution in [3.05, 3.63) is 57.0 Å². The van der Waals surface area contributed by atoms with Gasteiger partial charge in [-0.1, -0.05) is 6.07 Å². The molecule has 31 heavy (non-hydrogen) atoms. The molecule has 1 unspecified atom stereocenters. The number of carbonyl (C=O) groups excluding carboxylic acids is 2. The molecule has 2 aliphatic rings. The third-order valence-corrected chi connectivity index (χ3v) is 6.85. The number of ether oxygens (including phenoxy) is 2. The summed E-state index contributed by atoms with van der Waals surface area (Å²) in [7, 11) is 1.64. The molecule has 0 N–H and O–H groups in total. The van der Waals surface area contributed by atoms with Crippen molar-refractivity contribution in [1.29, 1.82) is 5.26 Å². The first-order valence-corrected chi connectivity index (χ1v) is 11.0. The average Bonchev–Trinajstić information content (AvgIpc) is 3.08. The van der Waals surface area contributed by atoms with Crippen LogP contribution in [-0.4, -0.2) is 54.2 Å². The Labute approximate surface area is 184 Å². The van der Waals surface area contributed by atoms with E-state index in [1.165, 1.54) is 17.4 Å². The number of ketones is 1. The molecule has 1 aliphatic carbocycles. The standard InChI is InChI=1S/C23H23N3O4S/c1-29-18-13-26(14-18)23(28)30-17-6-7-19-20(11-24)21(31-22(19)10-17)9-16(27)5-4-15-3-2-8-25-12-15/h2-5,8,12,17-18H,6-7,9-10,13-14H2,1H3/b5-4+. The summed E-state index contributed by atoms with van der Waals surface area (Å²) in [5.41, 5.74) is 2.46. The molecule has 2 aromatic heterocycles. The molecule has 3 heterocycles. The summed E-state index contributed by atoms with van der Waals surface area (Å²) in [5, 5.41) is 9.67. The molecule has 2 aromatic rings. The number of allylic oxidation sites excluding steroid dienone is 1. The maximum absolute atomic E-state index is 12.4. The highest BCUT2D eigenvalue weighted by Gasteiger charge is 2.34. The van der Waals surface area contributed by atoms with Gasteiger partial charge >= 0.3 is 6.09 Å². The third kappa shape index (κ3) is 4.84. The van der Waals surface area contributed by atoms with E-state index in [2.05, 4.69) is 11.1 Å². The Morgan fingerprint density at radius 2 is 2.23 bits per heavy atom. The molecule has 0 radical (unpaired) electrons. The van der Waals surface area contributed by atoms with Crippen LogP contribution in [0, 0.1) is 11.3 Å². The van der Waals surface area contributed by atoms with E-state index in [1.54, 1.807) is 30.5 Å². The number of aromatic nitrogens is 1. The number of hydrogen-bond donors (Lipinski definition) is 0. The summed E-state index contributed by atoms with van der Waals surface area (Å²) < 4.78 is 10.9. The molecule has 1 saturated heterocycles. The number of likely N-dealkylation sites (tertiary alicyclic amines) is 1. The minimum absolute atomic E-state index is 0.0626. The van der Waals surface area contributed by atoms with Crippen LogP contribution in [0.1, 0.15) is 32.9 Å². The van der Waals surface area contributed by atoms with Crippen LogP contribution < -0.4 is 0 Å². The molecule has 7 nitrogen and oxygen atoms in total. The maximum Gasteiger partial charge on any atom is 0.410 e. The monoisotopic (exact) mass is 437 g/mol. The van der Waals surface area contributed by atoms with Crippen molar-refractivity contribution in [3.8, 4) is 6.07 Å². The molecule has 1 fully saturated rings. The molecule has 0 spiro atoms. The number of thiophene rings is 1. The summed E-state index contributed by atoms with van der Waals surface area (Å²) in [5.74, 6) is -0.0626. The van der Waals surface area contributed by atoms with E-state index < -0.39 is 0 Å². The Morgan fingerprint density at radius 3 is 2.94 bits per heavy atom. The van der Waals surface area contributed by atoms with Crippen molar-refractivity contribution < 1.29 is 19.1 Å². The van der Waals surface area contributed by atoms with Crippen LogP contribution in [0.25, 0.3) is 6.08 Å². The Hall–Kier alpha value is -3.02. The third-order valence-electron chi connectivity index (χ3n) is 5.59. The number of hydrogen-bond acceptors (Lipinski definition) is 7. The topological polar surface area (TPSA) is 92.5 Å². The first kappa shape index (κ1) is 21.2. The van der Waals surface area contributed by atoms with Gasteiger partial charge in [0.2, 0.25) is 0 Å². The number of nitriles is 1. The van der Waals surface area contributed by atoms with Crippen molar-refractivity contribution >= 4 is 29.3 Å². The zero-order valence-corrected chi connectivity index (χ0v) is 18.1. The maximum atomic E-state index is 12.4. The highest BCUT2D eigenvalue weighted by Crippen LogP contribution is 2.35. The van der Waals surface area contributed by atoms with E-state index in [-0.39, 0.29) is 30.5 Å². The van der Waals surface area contributed by atoms with Crippen molar-refractivity contribution in [2.24, 2.45) is 0 Å². The molecule has 0 bridgehead atoms. The SMILES string of the molecule is COC1CN(C(=O)OC2CCc3c(sc(CC(=O)/C=C/c4cccnc4)c3C#N)C2)C1. The second kappa shape index (κ2) is 9.41. The van der Waals surface area contributed by atoms with E-state index in [4.69, 9.17) is 9.47 Å². The molecular weight excluding hydrogens is 414 g/mol. The van der Waals surface area contributed by atoms with E-state index in [9.17, 15) is 14.9 Å². The quantitative estimate of drug-likeness (QED) is 0.645. The van der Waals surface area contributed by atoms with Gasteiger partial charge in [0.25, 0.3) is 0 Å². The molecule has 4 rings (SSSR count). The molecular formula is C23H23N3O4S. The highest BCUT2D eigenvalue weighted by molar-refractivity contribution is 7.12. The molecule has 8 heteroatoms. The zero-order chi connectivity index (χ0) is 21.8. The fourth-order valence-electron chi connectivity index (χ4n) is 3.80. The lowest BCUT2D eigenvalue weighted by atomic mass is 9.92. The first-order chi connectivity index (χ1) is 15.1. The van der Waals surface area contributed by atoms with Crippen LogP contribution in [-0.2, 0) is 33.5 Å². The van der Waals surface area contributed by atoms with Crippen LogP contribution in [0.5, 0.6) is 0 Å². The number of carbonyl (C=O) groups is 2. The lowest BCUT2D eigenvalue weighted by Crippen LogP contribution is -2.55. The number of rotatable bonds is 6. The highest BCUT2D eigenvalue weighted by atomic mass is 32.1. The van der Waals surface area contributed by atoms with Gasteiger partial charge in [0, 0.05) is 42.1 Å². The van der Waals surface area contributed by atoms with Crippen LogP contribution in [0.2, 0.25) is 0 Å². The van der Waals surface area contributed by atoms with Crippen LogP contribution in [0.4, 0.5) is 4.79 Å². The van der Waals surface area contributed by atoms with Crippen molar-refractivity contribution in [1.82, 2.24) is 9.88 Å². The Morgan fingerprint density at radius 1 is 1.39 bits per heavy atom. The first-order valence-electron chi connectivity index (χ1n) is 10.2. The lowest BCUT2D eigenvalue weighted by Gasteiger charge is -2.38. The molecule has 160 valence electrons. The van der Waals surface area contributed by atoms with Gasteiger partial charge in [-0.2, -0.15) is 5.26 Å². The summed E-state index contributed by atoms with van der Waals surface area (Å²) in [6.07, 6.45) is 8.33.